The lowest BCUT2D eigenvalue weighted by Gasteiger charge is -2.23. The lowest BCUT2D eigenvalue weighted by atomic mass is 9.80. The Hall–Kier alpha value is -5.72. The number of fused-ring (bicyclic) bond motifs is 7. The van der Waals surface area contributed by atoms with Crippen LogP contribution in [-0.2, 0) is 5.41 Å². The van der Waals surface area contributed by atoms with Gasteiger partial charge in [-0.25, -0.2) is 0 Å². The highest BCUT2D eigenvalue weighted by Crippen LogP contribution is 2.52. The normalized spacial score (nSPS) is 13.5. The summed E-state index contributed by atoms with van der Waals surface area (Å²) in [5.74, 6) is 0. The van der Waals surface area contributed by atoms with Gasteiger partial charge in [-0.3, -0.25) is 0 Å². The highest BCUT2D eigenvalue weighted by molar-refractivity contribution is 6.20. The largest absolute Gasteiger partial charge is 0.0622 e. The first-order valence-electron chi connectivity index (χ1n) is 16.6. The Kier molecular flexibility index (Phi) is 5.44. The van der Waals surface area contributed by atoms with Crippen molar-refractivity contribution in [1.29, 1.82) is 0 Å². The Balaban J connectivity index is 1.11. The zero-order chi connectivity index (χ0) is 31.3. The van der Waals surface area contributed by atoms with Crippen LogP contribution < -0.4 is 0 Å². The summed E-state index contributed by atoms with van der Waals surface area (Å²) in [7, 11) is 0. The van der Waals surface area contributed by atoms with Crippen molar-refractivity contribution in [3.63, 3.8) is 0 Å². The van der Waals surface area contributed by atoms with Crippen LogP contribution in [0.3, 0.4) is 0 Å². The summed E-state index contributed by atoms with van der Waals surface area (Å²) in [6.45, 7) is 4.76. The van der Waals surface area contributed by atoms with Crippen LogP contribution in [0.4, 0.5) is 0 Å². The number of benzene rings is 8. The van der Waals surface area contributed by atoms with Gasteiger partial charge in [0, 0.05) is 5.41 Å². The van der Waals surface area contributed by atoms with Gasteiger partial charge >= 0.3 is 0 Å². The van der Waals surface area contributed by atoms with E-state index < -0.39 is 0 Å². The van der Waals surface area contributed by atoms with Gasteiger partial charge in [0.1, 0.15) is 0 Å². The van der Waals surface area contributed by atoms with Gasteiger partial charge in [-0.05, 0) is 112 Å². The first-order chi connectivity index (χ1) is 23.1. The summed E-state index contributed by atoms with van der Waals surface area (Å²) >= 11 is 0. The lowest BCUT2D eigenvalue weighted by Crippen LogP contribution is -2.15. The Morgan fingerprint density at radius 3 is 1.49 bits per heavy atom. The molecule has 0 fully saturated rings. The Morgan fingerprint density at radius 1 is 0.298 bits per heavy atom. The van der Waals surface area contributed by atoms with Gasteiger partial charge in [0.05, 0.1) is 0 Å². The molecule has 8 aromatic rings. The smallest absolute Gasteiger partial charge is 0.0159 e. The molecule has 220 valence electrons. The van der Waals surface area contributed by atoms with E-state index in [0.717, 1.165) is 0 Å². The van der Waals surface area contributed by atoms with Gasteiger partial charge in [0.2, 0.25) is 0 Å². The van der Waals surface area contributed by atoms with Crippen molar-refractivity contribution in [2.24, 2.45) is 0 Å². The van der Waals surface area contributed by atoms with Crippen LogP contribution in [0.2, 0.25) is 0 Å². The maximum absolute atomic E-state index is 2.45. The Morgan fingerprint density at radius 2 is 0.766 bits per heavy atom. The van der Waals surface area contributed by atoms with Crippen molar-refractivity contribution in [2.75, 3.05) is 0 Å². The minimum Gasteiger partial charge on any atom is -0.0622 e. The van der Waals surface area contributed by atoms with Gasteiger partial charge in [-0.2, -0.15) is 0 Å². The van der Waals surface area contributed by atoms with E-state index in [-0.39, 0.29) is 5.41 Å². The highest BCUT2D eigenvalue weighted by Gasteiger charge is 2.36. The molecule has 0 nitrogen and oxygen atoms in total. The number of rotatable bonds is 3. The highest BCUT2D eigenvalue weighted by atomic mass is 14.4. The predicted octanol–water partition coefficient (Wildman–Crippen LogP) is 12.9. The van der Waals surface area contributed by atoms with Crippen molar-refractivity contribution >= 4 is 21.5 Å². The topological polar surface area (TPSA) is 0 Å². The summed E-state index contributed by atoms with van der Waals surface area (Å²) in [5, 5.41) is 5.27. The van der Waals surface area contributed by atoms with Crippen molar-refractivity contribution in [3.8, 4) is 66.8 Å². The van der Waals surface area contributed by atoms with Crippen molar-refractivity contribution in [2.45, 2.75) is 19.3 Å². The molecule has 0 radical (unpaired) electrons. The maximum Gasteiger partial charge on any atom is 0.0159 e. The molecule has 0 saturated heterocycles. The van der Waals surface area contributed by atoms with E-state index in [1.165, 1.54) is 99.4 Å². The van der Waals surface area contributed by atoms with Crippen LogP contribution >= 0.6 is 0 Å². The minimum absolute atomic E-state index is 0.0938. The fourth-order valence-corrected chi connectivity index (χ4v) is 8.56. The average molecular weight is 597 g/mol. The van der Waals surface area contributed by atoms with Gasteiger partial charge < -0.3 is 0 Å². The van der Waals surface area contributed by atoms with Crippen LogP contribution in [-0.4, -0.2) is 0 Å². The van der Waals surface area contributed by atoms with Gasteiger partial charge in [0.15, 0.2) is 0 Å². The van der Waals surface area contributed by atoms with Gasteiger partial charge in [-0.15, -0.1) is 0 Å². The fourth-order valence-electron chi connectivity index (χ4n) is 8.56. The molecular formula is C47H32. The molecule has 0 spiro atoms. The SMILES string of the molecule is CC1(C)c2cc(-c3ccccc3)ccc2-c2ccc(-c3cccc4c(-c5ccc6c7c(cccc57)-c5ccccc5-6)cccc34)cc21. The minimum atomic E-state index is -0.0938. The number of hydrogen-bond acceptors (Lipinski definition) is 0. The molecule has 2 aliphatic rings. The lowest BCUT2D eigenvalue weighted by molar-refractivity contribution is 0.661. The molecule has 0 amide bonds. The van der Waals surface area contributed by atoms with Gasteiger partial charge in [0.25, 0.3) is 0 Å². The molecule has 10 rings (SSSR count). The molecule has 0 heterocycles. The van der Waals surface area contributed by atoms with Crippen LogP contribution in [0.5, 0.6) is 0 Å². The van der Waals surface area contributed by atoms with Crippen LogP contribution in [0.1, 0.15) is 25.0 Å². The van der Waals surface area contributed by atoms with Crippen LogP contribution in [0.25, 0.3) is 88.3 Å². The summed E-state index contributed by atoms with van der Waals surface area (Å²) in [4.78, 5) is 0. The van der Waals surface area contributed by atoms with Crippen molar-refractivity contribution in [1.82, 2.24) is 0 Å². The molecule has 0 aromatic heterocycles. The zero-order valence-corrected chi connectivity index (χ0v) is 26.5. The molecule has 0 atom stereocenters. The monoisotopic (exact) mass is 596 g/mol. The average Bonchev–Trinajstić information content (AvgIpc) is 3.57. The van der Waals surface area contributed by atoms with E-state index in [2.05, 4.69) is 172 Å². The van der Waals surface area contributed by atoms with Crippen LogP contribution in [0.15, 0.2) is 158 Å². The third kappa shape index (κ3) is 3.70. The molecule has 0 bridgehead atoms. The molecular weight excluding hydrogens is 565 g/mol. The summed E-state index contributed by atoms with van der Waals surface area (Å²) in [5.41, 5.74) is 18.4. The molecule has 0 unspecified atom stereocenters. The van der Waals surface area contributed by atoms with Crippen LogP contribution in [0, 0.1) is 0 Å². The fraction of sp³-hybridized carbons (Fsp3) is 0.0638. The summed E-state index contributed by atoms with van der Waals surface area (Å²) in [6, 6.07) is 58.8. The standard InChI is InChI=1S/C47H32/c1-47(2)44-27-30(29-11-4-3-5-12-29)21-23-39(44)40-24-22-31(28-45(40)47)32-15-8-17-34-33(32)16-9-18-35(34)38-25-26-43-37-14-7-6-13-36(37)41-19-10-20-42(38)46(41)43/h3-28H,1-2H3. The second-order valence-electron chi connectivity index (χ2n) is 13.7. The van der Waals surface area contributed by atoms with E-state index in [9.17, 15) is 0 Å². The van der Waals surface area contributed by atoms with E-state index in [1.54, 1.807) is 0 Å². The molecule has 0 aliphatic heterocycles. The summed E-state index contributed by atoms with van der Waals surface area (Å²) in [6.07, 6.45) is 0. The molecule has 47 heavy (non-hydrogen) atoms. The van der Waals surface area contributed by atoms with Crippen molar-refractivity contribution in [3.05, 3.63) is 169 Å². The second-order valence-corrected chi connectivity index (χ2v) is 13.7. The summed E-state index contributed by atoms with van der Waals surface area (Å²) < 4.78 is 0. The van der Waals surface area contributed by atoms with E-state index in [1.807, 2.05) is 0 Å². The predicted molar refractivity (Wildman–Crippen MR) is 200 cm³/mol. The molecule has 2 aliphatic carbocycles. The first-order valence-corrected chi connectivity index (χ1v) is 16.6. The molecule has 0 N–H and O–H groups in total. The third-order valence-electron chi connectivity index (χ3n) is 10.9. The maximum atomic E-state index is 2.45. The third-order valence-corrected chi connectivity index (χ3v) is 10.9. The van der Waals surface area contributed by atoms with E-state index in [4.69, 9.17) is 0 Å². The Bertz CT molecular complexity index is 2550. The first kappa shape index (κ1) is 26.5. The zero-order valence-electron chi connectivity index (χ0n) is 26.5. The van der Waals surface area contributed by atoms with E-state index >= 15 is 0 Å². The molecule has 0 saturated carbocycles. The molecule has 0 heteroatoms. The van der Waals surface area contributed by atoms with E-state index in [0.29, 0.717) is 0 Å². The molecule has 8 aromatic carbocycles. The van der Waals surface area contributed by atoms with Crippen molar-refractivity contribution < 1.29 is 0 Å². The second kappa shape index (κ2) is 9.64. The quantitative estimate of drug-likeness (QED) is 0.190. The number of hydrogen-bond donors (Lipinski definition) is 0. The Labute approximate surface area is 275 Å². The van der Waals surface area contributed by atoms with Gasteiger partial charge in [-0.1, -0.05) is 159 Å².